The van der Waals surface area contributed by atoms with Gasteiger partial charge >= 0.3 is 6.03 Å². The molecule has 218 valence electrons. The Labute approximate surface area is 241 Å². The quantitative estimate of drug-likeness (QED) is 0.0534. The molecule has 7 heteroatoms. The molecule has 0 saturated carbocycles. The highest BCUT2D eigenvalue weighted by atomic mass is 79.9. The van der Waals surface area contributed by atoms with Gasteiger partial charge in [0.05, 0.1) is 32.6 Å². The van der Waals surface area contributed by atoms with Gasteiger partial charge in [0, 0.05) is 24.8 Å². The Morgan fingerprint density at radius 1 is 1.08 bits per heavy atom. The predicted octanol–water partition coefficient (Wildman–Crippen LogP) is 8.45. The van der Waals surface area contributed by atoms with E-state index in [-0.39, 0.29) is 12.1 Å². The zero-order chi connectivity index (χ0) is 29.3. The molecule has 6 nitrogen and oxygen atoms in total. The lowest BCUT2D eigenvalue weighted by Gasteiger charge is -2.26. The number of nitrogens with zero attached hydrogens (tertiary/aromatic N) is 1. The maximum Gasteiger partial charge on any atom is 0.318 e. The second-order valence-electron chi connectivity index (χ2n) is 8.64. The van der Waals surface area contributed by atoms with Crippen LogP contribution in [0, 0.1) is 0 Å². The van der Waals surface area contributed by atoms with Crippen molar-refractivity contribution in [2.75, 3.05) is 39.2 Å². The lowest BCUT2D eigenvalue weighted by Crippen LogP contribution is -2.45. The van der Waals surface area contributed by atoms with Crippen LogP contribution < -0.4 is 5.32 Å². The highest BCUT2D eigenvalue weighted by molar-refractivity contribution is 9.09. The summed E-state index contributed by atoms with van der Waals surface area (Å²) in [6.45, 7) is 21.3. The van der Waals surface area contributed by atoms with Crippen molar-refractivity contribution in [2.45, 2.75) is 79.7 Å². The summed E-state index contributed by atoms with van der Waals surface area (Å²) in [5.41, 5.74) is 1.95. The first-order valence-electron chi connectivity index (χ1n) is 13.6. The van der Waals surface area contributed by atoms with E-state index in [1.807, 2.05) is 52.8 Å². The molecule has 1 atom stereocenters. The summed E-state index contributed by atoms with van der Waals surface area (Å²) in [6.07, 6.45) is 14.5. The molecule has 0 rings (SSSR count). The molecule has 0 heterocycles. The van der Waals surface area contributed by atoms with Crippen LogP contribution in [0.2, 0.25) is 0 Å². The van der Waals surface area contributed by atoms with Crippen molar-refractivity contribution in [3.05, 3.63) is 72.0 Å². The number of halogens is 1. The number of urea groups is 1. The molecule has 1 N–H and O–H groups in total. The van der Waals surface area contributed by atoms with Crippen LogP contribution in [0.4, 0.5) is 4.79 Å². The first-order chi connectivity index (χ1) is 18.2. The van der Waals surface area contributed by atoms with Crippen LogP contribution in [0.25, 0.3) is 0 Å². The summed E-state index contributed by atoms with van der Waals surface area (Å²) in [6, 6.07) is -0.462. The van der Waals surface area contributed by atoms with E-state index in [1.54, 1.807) is 19.1 Å². The van der Waals surface area contributed by atoms with E-state index in [2.05, 4.69) is 53.5 Å². The minimum atomic E-state index is -0.278. The van der Waals surface area contributed by atoms with E-state index in [0.717, 1.165) is 42.2 Å². The Balaban J connectivity index is 0. The zero-order valence-corrected chi connectivity index (χ0v) is 26.8. The van der Waals surface area contributed by atoms with Crippen LogP contribution in [0.5, 0.6) is 0 Å². The minimum Gasteiger partial charge on any atom is -0.501 e. The van der Waals surface area contributed by atoms with Crippen molar-refractivity contribution >= 4 is 22.0 Å². The normalized spacial score (nSPS) is 12.8. The van der Waals surface area contributed by atoms with Gasteiger partial charge in [0.25, 0.3) is 0 Å². The number of ether oxygens (including phenoxy) is 3. The topological polar surface area (TPSA) is 60.0 Å². The van der Waals surface area contributed by atoms with E-state index >= 15 is 0 Å². The highest BCUT2D eigenvalue weighted by Crippen LogP contribution is 2.16. The highest BCUT2D eigenvalue weighted by Gasteiger charge is 2.18. The van der Waals surface area contributed by atoms with Gasteiger partial charge in [-0.2, -0.15) is 0 Å². The average molecular weight is 598 g/mol. The maximum absolute atomic E-state index is 13.3. The van der Waals surface area contributed by atoms with E-state index in [9.17, 15) is 4.79 Å². The van der Waals surface area contributed by atoms with E-state index in [4.69, 9.17) is 14.2 Å². The number of hydrogen-bond acceptors (Lipinski definition) is 4. The van der Waals surface area contributed by atoms with Gasteiger partial charge in [-0.1, -0.05) is 86.5 Å². The van der Waals surface area contributed by atoms with Gasteiger partial charge in [-0.05, 0) is 51.3 Å². The summed E-state index contributed by atoms with van der Waals surface area (Å²) in [5.74, 6) is 1.93. The summed E-state index contributed by atoms with van der Waals surface area (Å²) in [7, 11) is 3.23. The van der Waals surface area contributed by atoms with Crippen molar-refractivity contribution in [1.82, 2.24) is 10.2 Å². The molecular weight excluding hydrogens is 544 g/mol. The monoisotopic (exact) mass is 596 g/mol. The standard InChI is InChI=1S/C29H47BrN2O4.C2H6/c1-9-11-15-18-36-28(27(10-2)35-8)19-24(5)31-29(33)32(21-23(3)4)22-26(20-25(6)34-7)16-13-12-14-17-30;1-2/h10,12,14,16,19,24H,3,6,9,11,13,15,17-18,20-22H2,1-2,4-5,7-8H3,(H,31,33);1-2H3/b14-12?,26-16+,27-10+,28-19+;/t24-;/m0./s1. The molecule has 0 aliphatic heterocycles. The fourth-order valence-electron chi connectivity index (χ4n) is 3.33. The van der Waals surface area contributed by atoms with Crippen LogP contribution in [-0.4, -0.2) is 56.2 Å². The van der Waals surface area contributed by atoms with Crippen molar-refractivity contribution < 1.29 is 19.0 Å². The number of hydrogen-bond donors (Lipinski definition) is 1. The lowest BCUT2D eigenvalue weighted by molar-refractivity contribution is 0.170. The van der Waals surface area contributed by atoms with Gasteiger partial charge in [0.1, 0.15) is 0 Å². The van der Waals surface area contributed by atoms with Crippen molar-refractivity contribution in [3.8, 4) is 0 Å². The SMILES string of the molecule is C=C(C)CN(C/C(=C/CC=CCBr)CC(=C)OC)C(=O)N[C@@H](C)/C=C(OCCCCC)\C(=C/C)OC.CC. The Morgan fingerprint density at radius 2 is 1.76 bits per heavy atom. The predicted molar refractivity (Wildman–Crippen MR) is 166 cm³/mol. The number of rotatable bonds is 19. The molecule has 0 fully saturated rings. The third-order valence-corrected chi connectivity index (χ3v) is 5.51. The van der Waals surface area contributed by atoms with Crippen molar-refractivity contribution in [1.29, 1.82) is 0 Å². The Kier molecular flexibility index (Phi) is 24.7. The van der Waals surface area contributed by atoms with Gasteiger partial charge in [-0.3, -0.25) is 0 Å². The molecule has 0 saturated heterocycles. The van der Waals surface area contributed by atoms with E-state index in [1.165, 1.54) is 0 Å². The minimum absolute atomic E-state index is 0.184. The van der Waals surface area contributed by atoms with Gasteiger partial charge in [-0.15, -0.1) is 0 Å². The summed E-state index contributed by atoms with van der Waals surface area (Å²) in [4.78, 5) is 15.1. The molecule has 2 amide bonds. The molecule has 0 spiro atoms. The number of unbranched alkanes of at least 4 members (excludes halogenated alkanes) is 2. The number of methoxy groups -OCH3 is 2. The van der Waals surface area contributed by atoms with Crippen LogP contribution >= 0.6 is 15.9 Å². The Hall–Kier alpha value is -2.41. The number of carbonyl (C=O) groups is 1. The summed E-state index contributed by atoms with van der Waals surface area (Å²) < 4.78 is 16.8. The Bertz CT molecular complexity index is 800. The second kappa shape index (κ2) is 24.9. The fourth-order valence-corrected chi connectivity index (χ4v) is 3.60. The molecular formula is C31H53BrN2O4. The van der Waals surface area contributed by atoms with E-state index in [0.29, 0.717) is 43.4 Å². The van der Waals surface area contributed by atoms with Crippen molar-refractivity contribution in [3.63, 3.8) is 0 Å². The molecule has 0 unspecified atom stereocenters. The third-order valence-electron chi connectivity index (χ3n) is 5.14. The molecule has 0 aromatic carbocycles. The molecule has 0 bridgehead atoms. The molecule has 0 aliphatic carbocycles. The number of nitrogens with one attached hydrogen (secondary N) is 1. The number of allylic oxidation sites excluding steroid dienone is 5. The lowest BCUT2D eigenvalue weighted by atomic mass is 10.1. The van der Waals surface area contributed by atoms with Crippen molar-refractivity contribution in [2.24, 2.45) is 0 Å². The van der Waals surface area contributed by atoms with Crippen LogP contribution in [0.1, 0.15) is 73.6 Å². The van der Waals surface area contributed by atoms with Gasteiger partial charge in [0.2, 0.25) is 0 Å². The maximum atomic E-state index is 13.3. The van der Waals surface area contributed by atoms with Crippen LogP contribution in [0.3, 0.4) is 0 Å². The summed E-state index contributed by atoms with van der Waals surface area (Å²) >= 11 is 3.40. The molecule has 38 heavy (non-hydrogen) atoms. The summed E-state index contributed by atoms with van der Waals surface area (Å²) in [5, 5.41) is 3.88. The molecule has 0 aromatic heterocycles. The number of carbonyl (C=O) groups excluding carboxylic acids is 1. The third kappa shape index (κ3) is 18.8. The first-order valence-corrected chi connectivity index (χ1v) is 14.7. The zero-order valence-electron chi connectivity index (χ0n) is 25.2. The van der Waals surface area contributed by atoms with E-state index < -0.39 is 0 Å². The number of amides is 2. The number of alkyl halides is 1. The van der Waals surface area contributed by atoms with Gasteiger partial charge in [0.15, 0.2) is 11.5 Å². The van der Waals surface area contributed by atoms with Gasteiger partial charge in [-0.25, -0.2) is 4.79 Å². The largest absolute Gasteiger partial charge is 0.501 e. The average Bonchev–Trinajstić information content (AvgIpc) is 2.89. The molecule has 0 aromatic rings. The second-order valence-corrected chi connectivity index (χ2v) is 9.29. The van der Waals surface area contributed by atoms with Crippen LogP contribution in [-0.2, 0) is 14.2 Å². The smallest absolute Gasteiger partial charge is 0.318 e. The Morgan fingerprint density at radius 3 is 2.29 bits per heavy atom. The molecule has 0 radical (unpaired) electrons. The fraction of sp³-hybridized carbons (Fsp3) is 0.581. The van der Waals surface area contributed by atoms with Gasteiger partial charge < -0.3 is 24.4 Å². The van der Waals surface area contributed by atoms with Crippen LogP contribution in [0.15, 0.2) is 72.0 Å². The molecule has 0 aliphatic rings. The first kappa shape index (κ1) is 37.7.